The molecular formula is C15H17FN4O2S. The lowest BCUT2D eigenvalue weighted by molar-refractivity contribution is 0.199. The Labute approximate surface area is 134 Å². The summed E-state index contributed by atoms with van der Waals surface area (Å²) >= 11 is 0. The Morgan fingerprint density at radius 3 is 2.70 bits per heavy atom. The summed E-state index contributed by atoms with van der Waals surface area (Å²) in [4.78, 5) is 8.62. The lowest BCUT2D eigenvalue weighted by Crippen LogP contribution is -2.44. The highest BCUT2D eigenvalue weighted by atomic mass is 32.2. The Morgan fingerprint density at radius 1 is 1.30 bits per heavy atom. The minimum Gasteiger partial charge on any atom is -0.340 e. The predicted octanol–water partition coefficient (Wildman–Crippen LogP) is 2.37. The van der Waals surface area contributed by atoms with Crippen LogP contribution in [0.2, 0.25) is 0 Å². The molecule has 1 aliphatic rings. The van der Waals surface area contributed by atoms with Crippen LogP contribution in [0.1, 0.15) is 24.0 Å². The van der Waals surface area contributed by atoms with Crippen molar-refractivity contribution in [2.24, 2.45) is 0 Å². The first-order valence-electron chi connectivity index (χ1n) is 7.18. The monoisotopic (exact) mass is 336 g/mol. The van der Waals surface area contributed by atoms with Crippen molar-refractivity contribution in [2.45, 2.75) is 19.4 Å². The van der Waals surface area contributed by atoms with Crippen molar-refractivity contribution in [3.63, 3.8) is 0 Å². The normalized spacial score (nSPS) is 18.5. The maximum Gasteiger partial charge on any atom is 0.211 e. The zero-order valence-electron chi connectivity index (χ0n) is 12.8. The van der Waals surface area contributed by atoms with E-state index in [0.717, 1.165) is 6.42 Å². The maximum absolute atomic E-state index is 13.3. The van der Waals surface area contributed by atoms with Crippen LogP contribution in [0.5, 0.6) is 0 Å². The second kappa shape index (κ2) is 5.86. The highest BCUT2D eigenvalue weighted by molar-refractivity contribution is 7.88. The second-order valence-electron chi connectivity index (χ2n) is 5.54. The summed E-state index contributed by atoms with van der Waals surface area (Å²) in [6, 6.07) is 7.50. The first-order chi connectivity index (χ1) is 10.8. The van der Waals surface area contributed by atoms with Crippen molar-refractivity contribution in [3.8, 4) is 0 Å². The van der Waals surface area contributed by atoms with Crippen LogP contribution in [0, 0.1) is 12.7 Å². The number of sulfonamides is 1. The number of hydrogen-bond donors (Lipinski definition) is 1. The third-order valence-corrected chi connectivity index (χ3v) is 4.98. The van der Waals surface area contributed by atoms with Crippen LogP contribution in [-0.2, 0) is 10.0 Å². The van der Waals surface area contributed by atoms with Crippen molar-refractivity contribution in [1.29, 1.82) is 0 Å². The smallest absolute Gasteiger partial charge is 0.211 e. The molecule has 0 amide bonds. The molecule has 2 aromatic rings. The van der Waals surface area contributed by atoms with Gasteiger partial charge in [-0.15, -0.1) is 0 Å². The summed E-state index contributed by atoms with van der Waals surface area (Å²) in [7, 11) is -3.25. The molecule has 0 aliphatic carbocycles. The van der Waals surface area contributed by atoms with Gasteiger partial charge in [0.05, 0.1) is 18.0 Å². The predicted molar refractivity (Wildman–Crippen MR) is 85.4 cm³/mol. The maximum atomic E-state index is 13.3. The molecule has 1 aromatic carbocycles. The molecule has 0 saturated carbocycles. The second-order valence-corrected chi connectivity index (χ2v) is 7.47. The van der Waals surface area contributed by atoms with E-state index in [0.29, 0.717) is 29.6 Å². The summed E-state index contributed by atoms with van der Waals surface area (Å²) in [6.45, 7) is 2.24. The highest BCUT2D eigenvalue weighted by Crippen LogP contribution is 2.35. The highest BCUT2D eigenvalue weighted by Gasteiger charge is 2.37. The number of benzene rings is 1. The van der Waals surface area contributed by atoms with Crippen molar-refractivity contribution in [2.75, 3.05) is 18.1 Å². The Morgan fingerprint density at radius 2 is 2.09 bits per heavy atom. The summed E-state index contributed by atoms with van der Waals surface area (Å²) in [5, 5.41) is 3.02. The molecule has 3 rings (SSSR count). The van der Waals surface area contributed by atoms with Crippen molar-refractivity contribution in [1.82, 2.24) is 14.3 Å². The van der Waals surface area contributed by atoms with E-state index in [9.17, 15) is 12.8 Å². The Bertz CT molecular complexity index is 841. The summed E-state index contributed by atoms with van der Waals surface area (Å²) in [6.07, 6.45) is 1.92. The number of nitrogens with zero attached hydrogens (tertiary/aromatic N) is 3. The van der Waals surface area contributed by atoms with Gasteiger partial charge in [0.15, 0.2) is 0 Å². The first kappa shape index (κ1) is 15.8. The molecular weight excluding hydrogens is 319 g/mol. The zero-order chi connectivity index (χ0) is 16.6. The van der Waals surface area contributed by atoms with Gasteiger partial charge in [-0.2, -0.15) is 4.31 Å². The van der Waals surface area contributed by atoms with E-state index in [1.165, 1.54) is 22.7 Å². The van der Waals surface area contributed by atoms with Crippen LogP contribution in [0.3, 0.4) is 0 Å². The van der Waals surface area contributed by atoms with Crippen LogP contribution in [0.15, 0.2) is 30.3 Å². The van der Waals surface area contributed by atoms with E-state index < -0.39 is 10.0 Å². The molecule has 6 nitrogen and oxygen atoms in total. The van der Waals surface area contributed by atoms with Crippen molar-refractivity contribution in [3.05, 3.63) is 47.7 Å². The molecule has 1 aromatic heterocycles. The van der Waals surface area contributed by atoms with E-state index in [2.05, 4.69) is 15.3 Å². The first-order valence-corrected chi connectivity index (χ1v) is 9.03. The number of nitrogens with one attached hydrogen (secondary N) is 1. The molecule has 8 heteroatoms. The van der Waals surface area contributed by atoms with Gasteiger partial charge < -0.3 is 5.32 Å². The molecule has 1 fully saturated rings. The van der Waals surface area contributed by atoms with E-state index in [1.807, 2.05) is 0 Å². The van der Waals surface area contributed by atoms with Gasteiger partial charge in [-0.3, -0.25) is 0 Å². The SMILES string of the molecule is Cc1nc(Nc2cccc(F)c2)cc([C@H]2CCN2S(C)(=O)=O)n1. The van der Waals surface area contributed by atoms with Gasteiger partial charge in [-0.25, -0.2) is 22.8 Å². The average Bonchev–Trinajstić information content (AvgIpc) is 2.34. The van der Waals surface area contributed by atoms with Crippen LogP contribution < -0.4 is 5.32 Å². The molecule has 122 valence electrons. The van der Waals surface area contributed by atoms with Crippen molar-refractivity contribution < 1.29 is 12.8 Å². The third-order valence-electron chi connectivity index (χ3n) is 3.69. The minimum atomic E-state index is -3.25. The molecule has 23 heavy (non-hydrogen) atoms. The van der Waals surface area contributed by atoms with Gasteiger partial charge in [0.25, 0.3) is 0 Å². The van der Waals surface area contributed by atoms with E-state index >= 15 is 0 Å². The standard InChI is InChI=1S/C15H17FN4O2S/c1-10-17-13(14-6-7-20(14)23(2,21)22)9-15(18-10)19-12-5-3-4-11(16)8-12/h3-5,8-9,14H,6-7H2,1-2H3,(H,17,18,19)/t14-/m1/s1. The van der Waals surface area contributed by atoms with Gasteiger partial charge in [0.2, 0.25) is 10.0 Å². The van der Waals surface area contributed by atoms with Crippen LogP contribution in [0.25, 0.3) is 0 Å². The van der Waals surface area contributed by atoms with E-state index in [4.69, 9.17) is 0 Å². The molecule has 0 bridgehead atoms. The summed E-state index contributed by atoms with van der Waals surface area (Å²) < 4.78 is 38.1. The van der Waals surface area contributed by atoms with Gasteiger partial charge in [-0.1, -0.05) is 6.07 Å². The molecule has 0 spiro atoms. The number of aromatic nitrogens is 2. The van der Waals surface area contributed by atoms with Gasteiger partial charge >= 0.3 is 0 Å². The number of hydrogen-bond acceptors (Lipinski definition) is 5. The Kier molecular flexibility index (Phi) is 4.03. The minimum absolute atomic E-state index is 0.264. The van der Waals surface area contributed by atoms with Gasteiger partial charge in [0, 0.05) is 18.3 Å². The fourth-order valence-corrected chi connectivity index (χ4v) is 3.71. The lowest BCUT2D eigenvalue weighted by Gasteiger charge is -2.38. The van der Waals surface area contributed by atoms with E-state index in [-0.39, 0.29) is 11.9 Å². The van der Waals surface area contributed by atoms with Gasteiger partial charge in [0.1, 0.15) is 17.5 Å². The fourth-order valence-electron chi connectivity index (χ4n) is 2.60. The molecule has 2 heterocycles. The average molecular weight is 336 g/mol. The fraction of sp³-hybridized carbons (Fsp3) is 0.333. The quantitative estimate of drug-likeness (QED) is 0.928. The largest absolute Gasteiger partial charge is 0.340 e. The Hall–Kier alpha value is -2.06. The molecule has 0 unspecified atom stereocenters. The summed E-state index contributed by atoms with van der Waals surface area (Å²) in [5.74, 6) is 0.698. The van der Waals surface area contributed by atoms with Crippen LogP contribution >= 0.6 is 0 Å². The zero-order valence-corrected chi connectivity index (χ0v) is 13.6. The number of aryl methyl sites for hydroxylation is 1. The van der Waals surface area contributed by atoms with Crippen LogP contribution in [-0.4, -0.2) is 35.5 Å². The van der Waals surface area contributed by atoms with Gasteiger partial charge in [-0.05, 0) is 31.5 Å². The number of halogens is 1. The molecule has 0 radical (unpaired) electrons. The van der Waals surface area contributed by atoms with E-state index in [1.54, 1.807) is 25.1 Å². The molecule has 1 atom stereocenters. The molecule has 1 aliphatic heterocycles. The van der Waals surface area contributed by atoms with Crippen molar-refractivity contribution >= 4 is 21.5 Å². The van der Waals surface area contributed by atoms with Crippen LogP contribution in [0.4, 0.5) is 15.9 Å². The summed E-state index contributed by atoms with van der Waals surface area (Å²) in [5.41, 5.74) is 1.22. The number of rotatable bonds is 4. The Balaban J connectivity index is 1.88. The third kappa shape index (κ3) is 3.48. The number of anilines is 2. The molecule has 1 N–H and O–H groups in total. The molecule has 1 saturated heterocycles. The topological polar surface area (TPSA) is 75.2 Å². The lowest BCUT2D eigenvalue weighted by atomic mass is 10.0.